The number of aliphatic hydroxyl groups is 1. The monoisotopic (exact) mass is 286 g/mol. The van der Waals surface area contributed by atoms with Crippen molar-refractivity contribution < 1.29 is 19.4 Å². The summed E-state index contributed by atoms with van der Waals surface area (Å²) in [6.45, 7) is 5.22. The molecule has 0 radical (unpaired) electrons. The first-order valence-electron chi connectivity index (χ1n) is 7.25. The van der Waals surface area contributed by atoms with Gasteiger partial charge >= 0.3 is 0 Å². The van der Waals surface area contributed by atoms with E-state index in [0.29, 0.717) is 12.3 Å². The number of ketones is 1. The number of hydrogen-bond acceptors (Lipinski definition) is 4. The maximum absolute atomic E-state index is 11.0. The van der Waals surface area contributed by atoms with Gasteiger partial charge in [-0.3, -0.25) is 4.79 Å². The maximum Gasteiger partial charge on any atom is 0.157 e. The summed E-state index contributed by atoms with van der Waals surface area (Å²) in [5.41, 5.74) is 0.574. The van der Waals surface area contributed by atoms with Crippen molar-refractivity contribution >= 4 is 15.3 Å². The lowest BCUT2D eigenvalue weighted by Gasteiger charge is -2.22. The first-order valence-corrected chi connectivity index (χ1v) is 9.06. The van der Waals surface area contributed by atoms with Crippen molar-refractivity contribution in [2.24, 2.45) is 0 Å². The number of carbonyl (C=O) groups excluding carboxylic acids is 1. The lowest BCUT2D eigenvalue weighted by molar-refractivity contribution is -0.117. The van der Waals surface area contributed by atoms with Crippen LogP contribution in [0.1, 0.15) is 32.1 Å². The standard InChI is InChI=1S/C14H26O4Si/c1-2-12(15)10-13(16)11-17-7-5-9-19-14-6-3-4-8-18-14/h2,13-14,16H,1,3-11,19H2. The number of aliphatic hydroxyl groups excluding tert-OH is 1. The molecule has 5 heteroatoms. The van der Waals surface area contributed by atoms with Gasteiger partial charge in [0.15, 0.2) is 5.78 Å². The number of carbonyl (C=O) groups is 1. The van der Waals surface area contributed by atoms with Gasteiger partial charge in [-0.15, -0.1) is 0 Å². The molecule has 1 saturated heterocycles. The van der Waals surface area contributed by atoms with Crippen molar-refractivity contribution in [3.63, 3.8) is 0 Å². The van der Waals surface area contributed by atoms with Gasteiger partial charge in [0.05, 0.1) is 22.2 Å². The van der Waals surface area contributed by atoms with E-state index in [9.17, 15) is 9.90 Å². The van der Waals surface area contributed by atoms with Crippen molar-refractivity contribution in [1.29, 1.82) is 0 Å². The topological polar surface area (TPSA) is 55.8 Å². The number of hydrogen-bond donors (Lipinski definition) is 1. The Labute approximate surface area is 118 Å². The molecule has 0 aromatic rings. The molecule has 0 saturated carbocycles. The molecule has 110 valence electrons. The summed E-state index contributed by atoms with van der Waals surface area (Å²) < 4.78 is 11.1. The van der Waals surface area contributed by atoms with E-state index in [-0.39, 0.29) is 28.3 Å². The van der Waals surface area contributed by atoms with E-state index in [1.807, 2.05) is 0 Å². The molecule has 1 aliphatic rings. The van der Waals surface area contributed by atoms with Crippen LogP contribution in [0.25, 0.3) is 0 Å². The fraction of sp³-hybridized carbons (Fsp3) is 0.786. The maximum atomic E-state index is 11.0. The van der Waals surface area contributed by atoms with Gasteiger partial charge in [0.2, 0.25) is 0 Å². The van der Waals surface area contributed by atoms with Gasteiger partial charge in [-0.05, 0) is 31.8 Å². The predicted octanol–water partition coefficient (Wildman–Crippen LogP) is 1.01. The highest BCUT2D eigenvalue weighted by molar-refractivity contribution is 6.37. The fourth-order valence-corrected chi connectivity index (χ4v) is 4.06. The zero-order valence-corrected chi connectivity index (χ0v) is 13.1. The van der Waals surface area contributed by atoms with Crippen LogP contribution in [0.5, 0.6) is 0 Å². The summed E-state index contributed by atoms with van der Waals surface area (Å²) in [4.78, 5) is 11.0. The number of allylic oxidation sites excluding steroid dienone is 1. The molecule has 0 spiro atoms. The molecule has 1 aliphatic heterocycles. The van der Waals surface area contributed by atoms with E-state index in [0.717, 1.165) is 13.0 Å². The van der Waals surface area contributed by atoms with Crippen LogP contribution in [0.2, 0.25) is 6.04 Å². The lowest BCUT2D eigenvalue weighted by atomic mass is 10.2. The molecule has 1 N–H and O–H groups in total. The average Bonchev–Trinajstić information content (AvgIpc) is 2.43. The Kier molecular flexibility index (Phi) is 8.99. The minimum atomic E-state index is -0.704. The van der Waals surface area contributed by atoms with E-state index < -0.39 is 6.10 Å². The molecule has 2 atom stereocenters. The summed E-state index contributed by atoms with van der Waals surface area (Å²) in [5.74, 6) is -0.141. The van der Waals surface area contributed by atoms with Crippen molar-refractivity contribution in [1.82, 2.24) is 0 Å². The molecule has 1 heterocycles. The summed E-state index contributed by atoms with van der Waals surface area (Å²) in [7, 11) is -0.136. The van der Waals surface area contributed by atoms with Gasteiger partial charge in [0, 0.05) is 25.4 Å². The second-order valence-corrected chi connectivity index (χ2v) is 7.28. The molecule has 4 nitrogen and oxygen atoms in total. The SMILES string of the molecule is C=CC(=O)CC(O)COCCC[SiH2]C1CCCCO1. The zero-order valence-electron chi connectivity index (χ0n) is 11.7. The van der Waals surface area contributed by atoms with Crippen LogP contribution in [0.15, 0.2) is 12.7 Å². The van der Waals surface area contributed by atoms with E-state index in [1.54, 1.807) is 0 Å². The third-order valence-electron chi connectivity index (χ3n) is 3.31. The van der Waals surface area contributed by atoms with E-state index in [2.05, 4.69) is 6.58 Å². The van der Waals surface area contributed by atoms with Crippen molar-refractivity contribution in [2.45, 2.75) is 50.0 Å². The van der Waals surface area contributed by atoms with Crippen molar-refractivity contribution in [3.8, 4) is 0 Å². The van der Waals surface area contributed by atoms with Crippen LogP contribution in [-0.2, 0) is 14.3 Å². The largest absolute Gasteiger partial charge is 0.390 e. The third kappa shape index (κ3) is 8.31. The van der Waals surface area contributed by atoms with Crippen LogP contribution < -0.4 is 0 Å². The quantitative estimate of drug-likeness (QED) is 0.370. The molecule has 0 bridgehead atoms. The molecule has 0 aromatic heterocycles. The van der Waals surface area contributed by atoms with Gasteiger partial charge in [-0.2, -0.15) is 0 Å². The van der Waals surface area contributed by atoms with Crippen LogP contribution in [0.4, 0.5) is 0 Å². The molecule has 19 heavy (non-hydrogen) atoms. The third-order valence-corrected chi connectivity index (χ3v) is 5.51. The summed E-state index contributed by atoms with van der Waals surface area (Å²) in [6, 6.07) is 1.23. The minimum absolute atomic E-state index is 0.105. The van der Waals surface area contributed by atoms with E-state index in [1.165, 1.54) is 31.4 Å². The Hall–Kier alpha value is -0.493. The first kappa shape index (κ1) is 16.6. The normalized spacial score (nSPS) is 21.6. The molecule has 0 amide bonds. The number of rotatable bonds is 10. The number of ether oxygens (including phenoxy) is 2. The predicted molar refractivity (Wildman–Crippen MR) is 78.2 cm³/mol. The Morgan fingerprint density at radius 3 is 3.11 bits per heavy atom. The van der Waals surface area contributed by atoms with Crippen molar-refractivity contribution in [3.05, 3.63) is 12.7 Å². The van der Waals surface area contributed by atoms with Gasteiger partial charge in [0.1, 0.15) is 0 Å². The van der Waals surface area contributed by atoms with Crippen LogP contribution >= 0.6 is 0 Å². The second-order valence-electron chi connectivity index (χ2n) is 5.09. The molecule has 1 rings (SSSR count). The van der Waals surface area contributed by atoms with Gasteiger partial charge < -0.3 is 14.6 Å². The summed E-state index contributed by atoms with van der Waals surface area (Å²) in [5, 5.41) is 9.51. The van der Waals surface area contributed by atoms with Gasteiger partial charge in [-0.1, -0.05) is 12.6 Å². The highest BCUT2D eigenvalue weighted by Crippen LogP contribution is 2.12. The molecule has 0 aromatic carbocycles. The highest BCUT2D eigenvalue weighted by Gasteiger charge is 2.13. The zero-order chi connectivity index (χ0) is 13.9. The van der Waals surface area contributed by atoms with Crippen LogP contribution in [0, 0.1) is 0 Å². The Morgan fingerprint density at radius 1 is 1.58 bits per heavy atom. The molecule has 0 aliphatic carbocycles. The highest BCUT2D eigenvalue weighted by atomic mass is 28.2. The molecule has 2 unspecified atom stereocenters. The van der Waals surface area contributed by atoms with E-state index >= 15 is 0 Å². The smallest absolute Gasteiger partial charge is 0.157 e. The Balaban J connectivity index is 1.90. The van der Waals surface area contributed by atoms with Crippen LogP contribution in [0.3, 0.4) is 0 Å². The van der Waals surface area contributed by atoms with Crippen LogP contribution in [-0.4, -0.2) is 52.1 Å². The van der Waals surface area contributed by atoms with E-state index in [4.69, 9.17) is 9.47 Å². The van der Waals surface area contributed by atoms with Gasteiger partial charge in [0.25, 0.3) is 0 Å². The first-order chi connectivity index (χ1) is 9.22. The average molecular weight is 286 g/mol. The molecular weight excluding hydrogens is 260 g/mol. The molecular formula is C14H26O4Si. The van der Waals surface area contributed by atoms with Gasteiger partial charge in [-0.25, -0.2) is 0 Å². The fourth-order valence-electron chi connectivity index (χ4n) is 2.21. The summed E-state index contributed by atoms with van der Waals surface area (Å²) >= 11 is 0. The summed E-state index contributed by atoms with van der Waals surface area (Å²) in [6.07, 6.45) is 5.45. The minimum Gasteiger partial charge on any atom is -0.390 e. The molecule has 1 fully saturated rings. The Morgan fingerprint density at radius 2 is 2.42 bits per heavy atom. The lowest BCUT2D eigenvalue weighted by Crippen LogP contribution is -2.25. The Bertz CT molecular complexity index is 264. The second kappa shape index (κ2) is 10.3. The van der Waals surface area contributed by atoms with Crippen molar-refractivity contribution in [2.75, 3.05) is 19.8 Å².